The maximum absolute atomic E-state index is 12.5. The van der Waals surface area contributed by atoms with Crippen LogP contribution in [0.4, 0.5) is 5.13 Å². The second-order valence-corrected chi connectivity index (χ2v) is 8.74. The van der Waals surface area contributed by atoms with Gasteiger partial charge in [-0.25, -0.2) is 0 Å². The first-order chi connectivity index (χ1) is 14.8. The molecular formula is C22H21BrN4O3S. The smallest absolute Gasteiger partial charge is 0.229 e. The van der Waals surface area contributed by atoms with Crippen molar-refractivity contribution in [1.29, 1.82) is 0 Å². The largest absolute Gasteiger partial charge is 0.346 e. The van der Waals surface area contributed by atoms with E-state index in [2.05, 4.69) is 31.4 Å². The van der Waals surface area contributed by atoms with Crippen molar-refractivity contribution in [3.8, 4) is 10.6 Å². The first kappa shape index (κ1) is 22.8. The Hall–Kier alpha value is -2.91. The molecule has 0 spiro atoms. The fourth-order valence-electron chi connectivity index (χ4n) is 2.79. The maximum atomic E-state index is 12.5. The van der Waals surface area contributed by atoms with Crippen LogP contribution < -0.4 is 10.2 Å². The third-order valence-corrected chi connectivity index (χ3v) is 6.14. The summed E-state index contributed by atoms with van der Waals surface area (Å²) < 4.78 is 0.870. The molecule has 1 heterocycles. The van der Waals surface area contributed by atoms with E-state index >= 15 is 0 Å². The predicted molar refractivity (Wildman–Crippen MR) is 124 cm³/mol. The van der Waals surface area contributed by atoms with Crippen molar-refractivity contribution in [3.05, 3.63) is 64.6 Å². The summed E-state index contributed by atoms with van der Waals surface area (Å²) in [4.78, 5) is 38.5. The number of Topliss-reactive ketones (excluding diaryl/α,β-unsaturated/α-hetero) is 1. The summed E-state index contributed by atoms with van der Waals surface area (Å²) in [7, 11) is 1.61. The van der Waals surface area contributed by atoms with Gasteiger partial charge in [0, 0.05) is 35.5 Å². The molecule has 0 saturated carbocycles. The molecule has 31 heavy (non-hydrogen) atoms. The summed E-state index contributed by atoms with van der Waals surface area (Å²) in [6.45, 7) is 1.63. The number of hydrogen-bond donors (Lipinski definition) is 1. The Morgan fingerprint density at radius 1 is 1.03 bits per heavy atom. The van der Waals surface area contributed by atoms with Gasteiger partial charge in [0.05, 0.1) is 6.04 Å². The van der Waals surface area contributed by atoms with E-state index in [1.54, 1.807) is 38.2 Å². The van der Waals surface area contributed by atoms with E-state index in [0.717, 1.165) is 10.0 Å². The highest BCUT2D eigenvalue weighted by molar-refractivity contribution is 9.10. The average Bonchev–Trinajstić information content (AvgIpc) is 3.28. The minimum Gasteiger partial charge on any atom is -0.346 e. The molecule has 1 aromatic heterocycles. The van der Waals surface area contributed by atoms with Gasteiger partial charge in [-0.2, -0.15) is 0 Å². The van der Waals surface area contributed by atoms with E-state index in [1.807, 2.05) is 30.3 Å². The number of carbonyl (C=O) groups excluding carboxylic acids is 3. The molecule has 0 aliphatic rings. The van der Waals surface area contributed by atoms with Crippen LogP contribution in [0.3, 0.4) is 0 Å². The molecule has 1 unspecified atom stereocenters. The van der Waals surface area contributed by atoms with Crippen molar-refractivity contribution in [2.24, 2.45) is 0 Å². The summed E-state index contributed by atoms with van der Waals surface area (Å²) in [5.74, 6) is -0.800. The first-order valence-corrected chi connectivity index (χ1v) is 11.2. The summed E-state index contributed by atoms with van der Waals surface area (Å²) in [5, 5.41) is 12.0. The van der Waals surface area contributed by atoms with Crippen LogP contribution in [0.5, 0.6) is 0 Å². The SMILES string of the molecule is CC(NC(=O)CCC(=O)N(C)c1nnc(-c2ccccc2)s1)C(=O)c1ccc(Br)cc1. The van der Waals surface area contributed by atoms with Crippen molar-refractivity contribution < 1.29 is 14.4 Å². The molecule has 1 N–H and O–H groups in total. The number of ketones is 1. The fourth-order valence-corrected chi connectivity index (χ4v) is 3.88. The number of rotatable bonds is 8. The van der Waals surface area contributed by atoms with Crippen LogP contribution in [0.25, 0.3) is 10.6 Å². The first-order valence-electron chi connectivity index (χ1n) is 9.60. The summed E-state index contributed by atoms with van der Waals surface area (Å²) in [6, 6.07) is 15.8. The molecule has 3 rings (SSSR count). The Bertz CT molecular complexity index is 1070. The molecule has 0 aliphatic carbocycles. The Balaban J connectivity index is 1.50. The third kappa shape index (κ3) is 6.05. The lowest BCUT2D eigenvalue weighted by molar-refractivity contribution is -0.125. The highest BCUT2D eigenvalue weighted by atomic mass is 79.9. The Morgan fingerprint density at radius 2 is 1.71 bits per heavy atom. The second-order valence-electron chi connectivity index (χ2n) is 6.87. The van der Waals surface area contributed by atoms with Gasteiger partial charge in [-0.3, -0.25) is 19.3 Å². The van der Waals surface area contributed by atoms with Crippen molar-refractivity contribution >= 4 is 50.0 Å². The number of nitrogens with zero attached hydrogens (tertiary/aromatic N) is 3. The zero-order chi connectivity index (χ0) is 22.4. The van der Waals surface area contributed by atoms with Crippen LogP contribution in [-0.2, 0) is 9.59 Å². The zero-order valence-electron chi connectivity index (χ0n) is 17.0. The molecule has 160 valence electrons. The van der Waals surface area contributed by atoms with E-state index in [4.69, 9.17) is 0 Å². The number of carbonyl (C=O) groups is 3. The topological polar surface area (TPSA) is 92.3 Å². The van der Waals surface area contributed by atoms with Crippen LogP contribution in [0.2, 0.25) is 0 Å². The van der Waals surface area contributed by atoms with Crippen molar-refractivity contribution in [3.63, 3.8) is 0 Å². The van der Waals surface area contributed by atoms with Crippen LogP contribution in [0, 0.1) is 0 Å². The Kier molecular flexibility index (Phi) is 7.64. The monoisotopic (exact) mass is 500 g/mol. The summed E-state index contributed by atoms with van der Waals surface area (Å²) >= 11 is 4.63. The predicted octanol–water partition coefficient (Wildman–Crippen LogP) is 4.10. The van der Waals surface area contributed by atoms with E-state index in [0.29, 0.717) is 15.7 Å². The molecule has 9 heteroatoms. The Labute approximate surface area is 192 Å². The molecular weight excluding hydrogens is 480 g/mol. The lowest BCUT2D eigenvalue weighted by atomic mass is 10.1. The van der Waals surface area contributed by atoms with Gasteiger partial charge in [0.15, 0.2) is 5.78 Å². The number of anilines is 1. The van der Waals surface area contributed by atoms with Crippen molar-refractivity contribution in [2.75, 3.05) is 11.9 Å². The molecule has 3 aromatic rings. The highest BCUT2D eigenvalue weighted by Gasteiger charge is 2.20. The highest BCUT2D eigenvalue weighted by Crippen LogP contribution is 2.28. The lowest BCUT2D eigenvalue weighted by Gasteiger charge is -2.15. The molecule has 2 aromatic carbocycles. The molecule has 0 aliphatic heterocycles. The van der Waals surface area contributed by atoms with Gasteiger partial charge in [0.2, 0.25) is 16.9 Å². The number of halogens is 1. The molecule has 0 fully saturated rings. The second kappa shape index (κ2) is 10.4. The Morgan fingerprint density at radius 3 is 2.39 bits per heavy atom. The van der Waals surface area contributed by atoms with Gasteiger partial charge in [-0.15, -0.1) is 10.2 Å². The molecule has 1 atom stereocenters. The van der Waals surface area contributed by atoms with Gasteiger partial charge < -0.3 is 5.32 Å². The van der Waals surface area contributed by atoms with Gasteiger partial charge in [-0.1, -0.05) is 69.7 Å². The fraction of sp³-hybridized carbons (Fsp3) is 0.227. The number of amides is 2. The molecule has 0 bridgehead atoms. The molecule has 2 amide bonds. The molecule has 7 nitrogen and oxygen atoms in total. The number of nitrogens with one attached hydrogen (secondary N) is 1. The van der Waals surface area contributed by atoms with Gasteiger partial charge >= 0.3 is 0 Å². The van der Waals surface area contributed by atoms with E-state index in [-0.39, 0.29) is 30.4 Å². The van der Waals surface area contributed by atoms with E-state index in [1.165, 1.54) is 16.2 Å². The van der Waals surface area contributed by atoms with Gasteiger partial charge in [0.1, 0.15) is 5.01 Å². The number of aromatic nitrogens is 2. The lowest BCUT2D eigenvalue weighted by Crippen LogP contribution is -2.39. The number of hydrogen-bond acceptors (Lipinski definition) is 6. The zero-order valence-corrected chi connectivity index (χ0v) is 19.4. The minimum absolute atomic E-state index is 0.00176. The normalized spacial score (nSPS) is 11.6. The van der Waals surface area contributed by atoms with E-state index in [9.17, 15) is 14.4 Å². The molecule has 0 saturated heterocycles. The van der Waals surface area contributed by atoms with Gasteiger partial charge in [0.25, 0.3) is 0 Å². The summed E-state index contributed by atoms with van der Waals surface area (Å²) in [6.07, 6.45) is -0.0206. The quantitative estimate of drug-likeness (QED) is 0.470. The standard InChI is InChI=1S/C22H21BrN4O3S/c1-14(20(30)15-8-10-17(23)11-9-15)24-18(28)12-13-19(29)27(2)22-26-25-21(31-22)16-6-4-3-5-7-16/h3-11,14H,12-13H2,1-2H3,(H,24,28). The maximum Gasteiger partial charge on any atom is 0.229 e. The van der Waals surface area contributed by atoms with Crippen LogP contribution in [0.1, 0.15) is 30.1 Å². The van der Waals surface area contributed by atoms with Crippen LogP contribution in [0.15, 0.2) is 59.1 Å². The van der Waals surface area contributed by atoms with Crippen molar-refractivity contribution in [2.45, 2.75) is 25.8 Å². The van der Waals surface area contributed by atoms with Gasteiger partial charge in [-0.05, 0) is 19.1 Å². The molecule has 0 radical (unpaired) electrons. The summed E-state index contributed by atoms with van der Waals surface area (Å²) in [5.41, 5.74) is 1.44. The van der Waals surface area contributed by atoms with Crippen LogP contribution in [-0.4, -0.2) is 40.9 Å². The van der Waals surface area contributed by atoms with E-state index < -0.39 is 6.04 Å². The van der Waals surface area contributed by atoms with Crippen LogP contribution >= 0.6 is 27.3 Å². The minimum atomic E-state index is -0.682. The van der Waals surface area contributed by atoms with Crippen molar-refractivity contribution in [1.82, 2.24) is 15.5 Å². The average molecular weight is 501 g/mol. The third-order valence-electron chi connectivity index (χ3n) is 4.56. The number of benzene rings is 2.